The monoisotopic (exact) mass is 579 g/mol. The summed E-state index contributed by atoms with van der Waals surface area (Å²) in [5.41, 5.74) is -1.30. The molecule has 0 fully saturated rings. The highest BCUT2D eigenvalue weighted by atomic mass is 32.2. The molecule has 2 aliphatic rings. The van der Waals surface area contributed by atoms with E-state index in [0.29, 0.717) is 11.1 Å². The topological polar surface area (TPSA) is 46.5 Å². The minimum absolute atomic E-state index is 0.237. The van der Waals surface area contributed by atoms with E-state index in [0.717, 1.165) is 33.4 Å². The van der Waals surface area contributed by atoms with Crippen LogP contribution >= 0.6 is 0 Å². The number of benzene rings is 4. The molecule has 0 radical (unpaired) electrons. The molecule has 0 atom stereocenters. The van der Waals surface area contributed by atoms with Crippen LogP contribution in [0.2, 0.25) is 0 Å². The first-order chi connectivity index (χ1) is 20.2. The van der Waals surface area contributed by atoms with Gasteiger partial charge in [-0.15, -0.1) is 0 Å². The molecule has 42 heavy (non-hydrogen) atoms. The molecule has 3 nitrogen and oxygen atoms in total. The highest BCUT2D eigenvalue weighted by Crippen LogP contribution is 2.63. The van der Waals surface area contributed by atoms with Gasteiger partial charge in [-0.25, -0.2) is 0 Å². The van der Waals surface area contributed by atoms with Gasteiger partial charge in [-0.1, -0.05) is 140 Å². The Kier molecular flexibility index (Phi) is 6.91. The van der Waals surface area contributed by atoms with Crippen molar-refractivity contribution >= 4 is 38.0 Å². The SMILES string of the molecule is O=S(=O)(/N=C1/C=CC=CC12C(c1ccccc1)=C(c1ccccc1)C(c1ccccc1)=C2c1ccccc1)C(F)(F)F. The van der Waals surface area contributed by atoms with Gasteiger partial charge in [-0.2, -0.15) is 26.0 Å². The maximum atomic E-state index is 13.8. The van der Waals surface area contributed by atoms with Crippen molar-refractivity contribution in [1.82, 2.24) is 0 Å². The van der Waals surface area contributed by atoms with E-state index >= 15 is 0 Å². The van der Waals surface area contributed by atoms with Gasteiger partial charge in [0.25, 0.3) is 0 Å². The molecular weight excluding hydrogens is 555 g/mol. The quantitative estimate of drug-likeness (QED) is 0.238. The van der Waals surface area contributed by atoms with Gasteiger partial charge in [-0.3, -0.25) is 0 Å². The van der Waals surface area contributed by atoms with Crippen LogP contribution in [-0.2, 0) is 10.0 Å². The van der Waals surface area contributed by atoms with Gasteiger partial charge in [0.2, 0.25) is 0 Å². The zero-order chi connectivity index (χ0) is 29.4. The third-order valence-electron chi connectivity index (χ3n) is 7.42. The van der Waals surface area contributed by atoms with Gasteiger partial charge in [0.05, 0.1) is 11.1 Å². The van der Waals surface area contributed by atoms with Crippen molar-refractivity contribution in [3.05, 3.63) is 168 Å². The number of nitrogens with zero attached hydrogens (tertiary/aromatic N) is 1. The fourth-order valence-electron chi connectivity index (χ4n) is 5.78. The predicted molar refractivity (Wildman–Crippen MR) is 163 cm³/mol. The summed E-state index contributed by atoms with van der Waals surface area (Å²) >= 11 is 0. The van der Waals surface area contributed by atoms with Gasteiger partial charge >= 0.3 is 15.5 Å². The van der Waals surface area contributed by atoms with Crippen molar-refractivity contribution in [2.24, 2.45) is 9.81 Å². The summed E-state index contributed by atoms with van der Waals surface area (Å²) in [6.45, 7) is 0. The minimum Gasteiger partial charge on any atom is -0.195 e. The molecule has 0 heterocycles. The van der Waals surface area contributed by atoms with Gasteiger partial charge in [0.1, 0.15) is 0 Å². The van der Waals surface area contributed by atoms with Gasteiger partial charge < -0.3 is 0 Å². The molecule has 0 aromatic heterocycles. The lowest BCUT2D eigenvalue weighted by atomic mass is 9.66. The van der Waals surface area contributed by atoms with Crippen molar-refractivity contribution in [2.75, 3.05) is 0 Å². The summed E-state index contributed by atoms with van der Waals surface area (Å²) in [6.07, 6.45) is 6.39. The van der Waals surface area contributed by atoms with Gasteiger partial charge in [0, 0.05) is 0 Å². The molecule has 0 N–H and O–H groups in total. The Morgan fingerprint density at radius 3 is 1.31 bits per heavy atom. The summed E-state index contributed by atoms with van der Waals surface area (Å²) in [5.74, 6) is 0. The van der Waals surface area contributed by atoms with Crippen LogP contribution in [0.4, 0.5) is 13.2 Å². The second-order valence-corrected chi connectivity index (χ2v) is 11.5. The fourth-order valence-corrected chi connectivity index (χ4v) is 6.35. The Balaban J connectivity index is 1.86. The van der Waals surface area contributed by atoms with E-state index in [1.807, 2.05) is 121 Å². The van der Waals surface area contributed by atoms with Crippen molar-refractivity contribution in [1.29, 1.82) is 0 Å². The normalized spacial score (nSPS) is 17.5. The smallest absolute Gasteiger partial charge is 0.195 e. The summed E-state index contributed by atoms with van der Waals surface area (Å²) in [4.78, 5) is 0. The maximum Gasteiger partial charge on any atom is 0.518 e. The molecule has 0 amide bonds. The second kappa shape index (κ2) is 10.6. The number of hydrogen-bond acceptors (Lipinski definition) is 2. The molecule has 4 aromatic carbocycles. The van der Waals surface area contributed by atoms with Crippen molar-refractivity contribution in [3.8, 4) is 0 Å². The number of sulfonamides is 1. The van der Waals surface area contributed by atoms with E-state index < -0.39 is 20.9 Å². The van der Waals surface area contributed by atoms with Crippen LogP contribution in [0.15, 0.2) is 150 Å². The largest absolute Gasteiger partial charge is 0.518 e. The van der Waals surface area contributed by atoms with E-state index in [9.17, 15) is 21.6 Å². The maximum absolute atomic E-state index is 13.8. The molecule has 208 valence electrons. The van der Waals surface area contributed by atoms with Crippen LogP contribution in [-0.4, -0.2) is 19.6 Å². The molecule has 2 aliphatic carbocycles. The van der Waals surface area contributed by atoms with Crippen molar-refractivity contribution in [3.63, 3.8) is 0 Å². The average Bonchev–Trinajstić information content (AvgIpc) is 3.30. The van der Waals surface area contributed by atoms with Crippen LogP contribution < -0.4 is 0 Å². The van der Waals surface area contributed by atoms with Gasteiger partial charge in [-0.05, 0) is 50.6 Å². The Bertz CT molecular complexity index is 1790. The van der Waals surface area contributed by atoms with E-state index in [1.54, 1.807) is 12.2 Å². The van der Waals surface area contributed by atoms with Crippen LogP contribution in [0.5, 0.6) is 0 Å². The molecule has 4 aromatic rings. The molecule has 1 spiro atoms. The van der Waals surface area contributed by atoms with Crippen molar-refractivity contribution < 1.29 is 21.6 Å². The van der Waals surface area contributed by atoms with E-state index in [2.05, 4.69) is 4.40 Å². The van der Waals surface area contributed by atoms with E-state index in [4.69, 9.17) is 0 Å². The van der Waals surface area contributed by atoms with Crippen LogP contribution in [0.1, 0.15) is 22.3 Å². The molecular formula is C35H24F3NO2S. The fraction of sp³-hybridized carbons (Fsp3) is 0.0571. The molecule has 0 aliphatic heterocycles. The Morgan fingerprint density at radius 2 is 0.929 bits per heavy atom. The summed E-state index contributed by atoms with van der Waals surface area (Å²) in [6, 6.07) is 37.9. The molecule has 0 bridgehead atoms. The Labute approximate surface area is 242 Å². The van der Waals surface area contributed by atoms with E-state index in [-0.39, 0.29) is 5.71 Å². The first-order valence-corrected chi connectivity index (χ1v) is 14.7. The average molecular weight is 580 g/mol. The lowest BCUT2D eigenvalue weighted by Crippen LogP contribution is -2.33. The first-order valence-electron chi connectivity index (χ1n) is 13.2. The Morgan fingerprint density at radius 1 is 0.548 bits per heavy atom. The zero-order valence-electron chi connectivity index (χ0n) is 22.2. The Hall–Kier alpha value is -4.75. The highest BCUT2D eigenvalue weighted by Gasteiger charge is 2.53. The predicted octanol–water partition coefficient (Wildman–Crippen LogP) is 8.63. The third kappa shape index (κ3) is 4.56. The third-order valence-corrected chi connectivity index (χ3v) is 8.44. The number of halogens is 3. The van der Waals surface area contributed by atoms with E-state index in [1.165, 1.54) is 12.2 Å². The minimum atomic E-state index is -5.88. The van der Waals surface area contributed by atoms with Crippen molar-refractivity contribution in [2.45, 2.75) is 5.51 Å². The van der Waals surface area contributed by atoms with Gasteiger partial charge in [0.15, 0.2) is 0 Å². The lowest BCUT2D eigenvalue weighted by Gasteiger charge is -2.35. The van der Waals surface area contributed by atoms with Crippen LogP contribution in [0, 0.1) is 5.41 Å². The number of alkyl halides is 3. The lowest BCUT2D eigenvalue weighted by molar-refractivity contribution is -0.0435. The summed E-state index contributed by atoms with van der Waals surface area (Å²) in [7, 11) is -5.88. The number of rotatable bonds is 5. The molecule has 6 rings (SSSR count). The number of allylic oxidation sites excluding steroid dienone is 8. The number of hydrogen-bond donors (Lipinski definition) is 0. The standard InChI is InChI=1S/C35H24F3NO2S/c36-35(37,38)42(40,41)39-29-23-13-14-24-34(29)32(27-19-9-3-10-20-27)30(25-15-5-1-6-16-25)31(26-17-7-2-8-18-26)33(34)28-21-11-4-12-22-28/h1-24H/b39-29-. The molecule has 0 saturated carbocycles. The second-order valence-electron chi connectivity index (χ2n) is 9.89. The summed E-state index contributed by atoms with van der Waals surface area (Å²) < 4.78 is 70.3. The first kappa shape index (κ1) is 27.4. The highest BCUT2D eigenvalue weighted by molar-refractivity contribution is 7.91. The van der Waals surface area contributed by atoms with Crippen LogP contribution in [0.3, 0.4) is 0 Å². The van der Waals surface area contributed by atoms with Crippen LogP contribution in [0.25, 0.3) is 22.3 Å². The molecule has 7 heteroatoms. The molecule has 0 unspecified atom stereocenters. The summed E-state index contributed by atoms with van der Waals surface area (Å²) in [5, 5.41) is 0. The zero-order valence-corrected chi connectivity index (χ0v) is 23.0. The molecule has 0 saturated heterocycles.